The molecule has 0 amide bonds. The van der Waals surface area contributed by atoms with E-state index in [1.54, 1.807) is 47.2 Å². The number of nitrogens with zero attached hydrogens (tertiary/aromatic N) is 5. The highest BCUT2D eigenvalue weighted by Crippen LogP contribution is 2.33. The summed E-state index contributed by atoms with van der Waals surface area (Å²) in [6.07, 6.45) is 1.58. The van der Waals surface area contributed by atoms with Gasteiger partial charge in [-0.15, -0.1) is 0 Å². The number of ether oxygens (including phenoxy) is 2. The van der Waals surface area contributed by atoms with Crippen molar-refractivity contribution in [2.75, 3.05) is 7.11 Å². The van der Waals surface area contributed by atoms with Crippen molar-refractivity contribution in [3.05, 3.63) is 114 Å². The van der Waals surface area contributed by atoms with E-state index in [1.807, 2.05) is 30.3 Å². The van der Waals surface area contributed by atoms with Gasteiger partial charge in [0.05, 0.1) is 19.9 Å². The average molecular weight is 653 g/mol. The second-order valence-electron chi connectivity index (χ2n) is 9.64. The molecule has 14 heteroatoms. The molecule has 0 bridgehead atoms. The molecule has 11 nitrogen and oxygen atoms in total. The van der Waals surface area contributed by atoms with Crippen LogP contribution in [0.3, 0.4) is 0 Å². The van der Waals surface area contributed by atoms with E-state index in [0.717, 1.165) is 10.1 Å². The first-order valence-corrected chi connectivity index (χ1v) is 14.4. The van der Waals surface area contributed by atoms with E-state index in [2.05, 4.69) is 20.8 Å². The SMILES string of the molecule is COc1cc(/C=N\NC(=S)NCc2ccccc2)ccc1Oc1nc2c(c(=O)n(C)c(=O)n2C)n1Cc1ccc(Cl)cc1Cl. The van der Waals surface area contributed by atoms with Crippen molar-refractivity contribution in [3.63, 3.8) is 0 Å². The van der Waals surface area contributed by atoms with Crippen molar-refractivity contribution in [2.45, 2.75) is 13.1 Å². The molecule has 0 spiro atoms. The van der Waals surface area contributed by atoms with Crippen LogP contribution >= 0.6 is 35.4 Å². The van der Waals surface area contributed by atoms with Crippen LogP contribution < -0.4 is 31.5 Å². The largest absolute Gasteiger partial charge is 0.493 e. The van der Waals surface area contributed by atoms with Crippen molar-refractivity contribution in [3.8, 4) is 17.5 Å². The number of rotatable bonds is 9. The lowest BCUT2D eigenvalue weighted by Gasteiger charge is -2.13. The molecular formula is C30H27Cl2N7O4S. The summed E-state index contributed by atoms with van der Waals surface area (Å²) < 4.78 is 15.7. The minimum absolute atomic E-state index is 0.0561. The zero-order valence-corrected chi connectivity index (χ0v) is 26.2. The van der Waals surface area contributed by atoms with Crippen LogP contribution in [0.2, 0.25) is 10.0 Å². The number of imidazole rings is 1. The maximum Gasteiger partial charge on any atom is 0.332 e. The van der Waals surface area contributed by atoms with Gasteiger partial charge in [0, 0.05) is 30.7 Å². The van der Waals surface area contributed by atoms with Crippen LogP contribution in [0.25, 0.3) is 11.2 Å². The van der Waals surface area contributed by atoms with Gasteiger partial charge in [0.25, 0.3) is 5.56 Å². The Morgan fingerprint density at radius 1 is 1.02 bits per heavy atom. The smallest absolute Gasteiger partial charge is 0.332 e. The lowest BCUT2D eigenvalue weighted by molar-refractivity contribution is 0.361. The van der Waals surface area contributed by atoms with E-state index in [1.165, 1.54) is 25.8 Å². The number of nitrogens with one attached hydrogen (secondary N) is 2. The van der Waals surface area contributed by atoms with Gasteiger partial charge in [-0.1, -0.05) is 59.6 Å². The molecule has 5 rings (SSSR count). The number of thiocarbonyl (C=S) groups is 1. The number of halogens is 2. The van der Waals surface area contributed by atoms with Gasteiger partial charge in [0.1, 0.15) is 0 Å². The second-order valence-corrected chi connectivity index (χ2v) is 10.9. The van der Waals surface area contributed by atoms with E-state index in [-0.39, 0.29) is 23.7 Å². The molecule has 0 aliphatic heterocycles. The van der Waals surface area contributed by atoms with Crippen molar-refractivity contribution < 1.29 is 9.47 Å². The van der Waals surface area contributed by atoms with Gasteiger partial charge in [0.2, 0.25) is 0 Å². The number of aryl methyl sites for hydroxylation is 1. The van der Waals surface area contributed by atoms with Crippen molar-refractivity contribution in [2.24, 2.45) is 19.2 Å². The summed E-state index contributed by atoms with van der Waals surface area (Å²) in [5.41, 5.74) is 4.52. The zero-order valence-electron chi connectivity index (χ0n) is 23.9. The molecule has 2 heterocycles. The maximum atomic E-state index is 13.3. The molecule has 0 atom stereocenters. The van der Waals surface area contributed by atoms with Crippen LogP contribution in [0, 0.1) is 0 Å². The van der Waals surface area contributed by atoms with E-state index in [9.17, 15) is 9.59 Å². The lowest BCUT2D eigenvalue weighted by atomic mass is 10.2. The third-order valence-electron chi connectivity index (χ3n) is 6.72. The molecule has 0 saturated heterocycles. The Morgan fingerprint density at radius 3 is 2.52 bits per heavy atom. The molecular weight excluding hydrogens is 625 g/mol. The number of hydrazone groups is 1. The van der Waals surface area contributed by atoms with Crippen LogP contribution in [0.4, 0.5) is 0 Å². The Hall–Kier alpha value is -4.65. The Labute approximate surface area is 267 Å². The fraction of sp³-hybridized carbons (Fsp3) is 0.167. The molecule has 0 unspecified atom stereocenters. The molecule has 2 aromatic heterocycles. The summed E-state index contributed by atoms with van der Waals surface area (Å²) in [6, 6.07) is 20.1. The first-order valence-electron chi connectivity index (χ1n) is 13.2. The highest BCUT2D eigenvalue weighted by Gasteiger charge is 2.22. The van der Waals surface area contributed by atoms with Crippen LogP contribution in [0.15, 0.2) is 81.4 Å². The van der Waals surface area contributed by atoms with Crippen molar-refractivity contribution in [1.82, 2.24) is 29.4 Å². The molecule has 226 valence electrons. The van der Waals surface area contributed by atoms with Gasteiger partial charge < -0.3 is 14.8 Å². The summed E-state index contributed by atoms with van der Waals surface area (Å²) >= 11 is 17.8. The standard InChI is InChI=1S/C30H27Cl2N7O4S/c1-37-26-25(27(40)38(2)30(37)41)39(17-20-10-11-21(31)14-22(20)32)29(35-26)43-23-12-9-19(13-24(23)42-3)16-34-36-28(44)33-15-18-7-5-4-6-8-18/h4-14,16H,15,17H2,1-3H3,(H2,33,36,44)/b34-16-. The van der Waals surface area contributed by atoms with Crippen LogP contribution in [0.1, 0.15) is 16.7 Å². The molecule has 0 radical (unpaired) electrons. The Kier molecular flexibility index (Phi) is 9.33. The number of fused-ring (bicyclic) bond motifs is 1. The quantitative estimate of drug-likeness (QED) is 0.135. The number of methoxy groups -OCH3 is 1. The summed E-state index contributed by atoms with van der Waals surface area (Å²) in [4.78, 5) is 30.4. The summed E-state index contributed by atoms with van der Waals surface area (Å²) in [6.45, 7) is 0.684. The van der Waals surface area contributed by atoms with E-state index in [4.69, 9.17) is 44.9 Å². The van der Waals surface area contributed by atoms with Gasteiger partial charge in [-0.05, 0) is 59.2 Å². The summed E-state index contributed by atoms with van der Waals surface area (Å²) in [5, 5.41) is 8.53. The topological polar surface area (TPSA) is 117 Å². The third kappa shape index (κ3) is 6.62. The predicted octanol–water partition coefficient (Wildman–Crippen LogP) is 4.59. The zero-order chi connectivity index (χ0) is 31.4. The Balaban J connectivity index is 1.42. The average Bonchev–Trinajstić information content (AvgIpc) is 3.38. The molecule has 0 aliphatic carbocycles. The third-order valence-corrected chi connectivity index (χ3v) is 7.54. The summed E-state index contributed by atoms with van der Waals surface area (Å²) in [5.74, 6) is 0.696. The Bertz CT molecular complexity index is 2010. The van der Waals surface area contributed by atoms with Gasteiger partial charge in [-0.2, -0.15) is 10.1 Å². The fourth-order valence-corrected chi connectivity index (χ4v) is 4.99. The van der Waals surface area contributed by atoms with E-state index in [0.29, 0.717) is 44.3 Å². The minimum Gasteiger partial charge on any atom is -0.493 e. The van der Waals surface area contributed by atoms with Crippen LogP contribution in [0.5, 0.6) is 17.5 Å². The van der Waals surface area contributed by atoms with E-state index < -0.39 is 11.2 Å². The second kappa shape index (κ2) is 13.3. The first-order chi connectivity index (χ1) is 21.2. The minimum atomic E-state index is -0.530. The Morgan fingerprint density at radius 2 is 1.80 bits per heavy atom. The molecule has 0 saturated carbocycles. The van der Waals surface area contributed by atoms with Crippen LogP contribution in [-0.2, 0) is 27.2 Å². The molecule has 2 N–H and O–H groups in total. The highest BCUT2D eigenvalue weighted by atomic mass is 35.5. The maximum absolute atomic E-state index is 13.3. The number of hydrogen-bond acceptors (Lipinski definition) is 7. The number of hydrogen-bond donors (Lipinski definition) is 2. The first kappa shape index (κ1) is 30.8. The van der Waals surface area contributed by atoms with Crippen molar-refractivity contribution in [1.29, 1.82) is 0 Å². The number of benzene rings is 3. The molecule has 0 fully saturated rings. The molecule has 0 aliphatic rings. The van der Waals surface area contributed by atoms with E-state index >= 15 is 0 Å². The monoisotopic (exact) mass is 651 g/mol. The van der Waals surface area contributed by atoms with Crippen molar-refractivity contribution >= 4 is 57.9 Å². The highest BCUT2D eigenvalue weighted by molar-refractivity contribution is 7.80. The molecule has 5 aromatic rings. The van der Waals surface area contributed by atoms with Gasteiger partial charge in [-0.25, -0.2) is 4.79 Å². The predicted molar refractivity (Wildman–Crippen MR) is 175 cm³/mol. The molecule has 3 aromatic carbocycles. The molecule has 44 heavy (non-hydrogen) atoms. The normalized spacial score (nSPS) is 11.2. The summed E-state index contributed by atoms with van der Waals surface area (Å²) in [7, 11) is 4.44. The number of aromatic nitrogens is 4. The van der Waals surface area contributed by atoms with Gasteiger partial charge >= 0.3 is 11.7 Å². The van der Waals surface area contributed by atoms with Gasteiger partial charge in [0.15, 0.2) is 27.8 Å². The van der Waals surface area contributed by atoms with Crippen LogP contribution in [-0.4, -0.2) is 37.1 Å². The van der Waals surface area contributed by atoms with Gasteiger partial charge in [-0.3, -0.25) is 23.9 Å². The lowest BCUT2D eigenvalue weighted by Crippen LogP contribution is -2.37. The fourth-order valence-electron chi connectivity index (χ4n) is 4.40.